The second-order valence-electron chi connectivity index (χ2n) is 14.0. The highest BCUT2D eigenvalue weighted by atomic mass is 16.6. The third kappa shape index (κ3) is 11.8. The number of benzene rings is 2. The van der Waals surface area contributed by atoms with Crippen LogP contribution in [0.4, 0.5) is 4.79 Å². The lowest BCUT2D eigenvalue weighted by Gasteiger charge is -2.49. The van der Waals surface area contributed by atoms with Gasteiger partial charge in [-0.15, -0.1) is 0 Å². The van der Waals surface area contributed by atoms with E-state index in [-0.39, 0.29) is 24.5 Å². The van der Waals surface area contributed by atoms with Crippen molar-refractivity contribution < 1.29 is 52.9 Å². The highest BCUT2D eigenvalue weighted by molar-refractivity contribution is 6.38. The summed E-state index contributed by atoms with van der Waals surface area (Å²) < 4.78 is 16.7. The molecule has 298 valence electrons. The quantitative estimate of drug-likeness (QED) is 0.107. The van der Waals surface area contributed by atoms with Crippen LogP contribution in [0, 0.1) is 5.92 Å². The van der Waals surface area contributed by atoms with E-state index in [0.717, 1.165) is 32.1 Å². The average molecular weight is 766 g/mol. The molecule has 0 aromatic heterocycles. The van der Waals surface area contributed by atoms with E-state index >= 15 is 0 Å². The van der Waals surface area contributed by atoms with Gasteiger partial charge in [0.25, 0.3) is 5.91 Å². The molecular weight excluding hydrogens is 714 g/mol. The minimum absolute atomic E-state index is 0.0247. The van der Waals surface area contributed by atoms with Crippen molar-refractivity contribution in [3.63, 3.8) is 0 Å². The molecule has 16 nitrogen and oxygen atoms in total. The Bertz CT molecular complexity index is 1680. The molecule has 0 bridgehead atoms. The van der Waals surface area contributed by atoms with Crippen LogP contribution in [-0.2, 0) is 33.4 Å². The fourth-order valence-electron chi connectivity index (χ4n) is 7.17. The molecule has 2 fully saturated rings. The Morgan fingerprint density at radius 2 is 1.62 bits per heavy atom. The summed E-state index contributed by atoms with van der Waals surface area (Å²) in [6.07, 6.45) is 4.13. The maximum atomic E-state index is 13.8. The number of hydrogen-bond donors (Lipinski definition) is 6. The van der Waals surface area contributed by atoms with E-state index in [1.54, 1.807) is 39.0 Å². The standard InChI is InChI=1S/C39H51N5O11/c1-5-12-28(32(46)35(48)40-22-30(45)42-31(36(49)50)24-13-8-6-9-14-24)41-34(47)29-21-23(2)55-39(3,44-29)33(25-15-10-7-11-16-25)43-38(52)54-27-19-17-26(18-20-27)37(51)53-4/h6,8-9,13-14,17-20,23,25,28-29,31,33,44H,5,7,10-12,15-16,21-22H2,1-4H3,(H,40,48)(H,41,47)(H,42,45)(H,43,52)(H,49,50)/t23?,28?,29-,31-,33-,39?/m0/s1. The van der Waals surface area contributed by atoms with Crippen molar-refractivity contribution >= 4 is 41.5 Å². The Morgan fingerprint density at radius 3 is 2.24 bits per heavy atom. The number of methoxy groups -OCH3 is 1. The molecule has 0 spiro atoms. The van der Waals surface area contributed by atoms with Gasteiger partial charge in [0, 0.05) is 0 Å². The molecule has 2 aliphatic rings. The van der Waals surface area contributed by atoms with E-state index in [0.29, 0.717) is 17.5 Å². The number of hydrogen-bond acceptors (Lipinski definition) is 11. The van der Waals surface area contributed by atoms with Crippen molar-refractivity contribution in [3.8, 4) is 5.75 Å². The van der Waals surface area contributed by atoms with Crippen LogP contribution in [-0.4, -0.2) is 90.3 Å². The molecule has 6 atom stereocenters. The zero-order chi connectivity index (χ0) is 40.1. The van der Waals surface area contributed by atoms with Crippen molar-refractivity contribution in [1.29, 1.82) is 0 Å². The van der Waals surface area contributed by atoms with Gasteiger partial charge in [-0.05, 0) is 75.3 Å². The third-order valence-corrected chi connectivity index (χ3v) is 9.79. The number of ketones is 1. The van der Waals surface area contributed by atoms with Gasteiger partial charge in [0.15, 0.2) is 6.04 Å². The van der Waals surface area contributed by atoms with Gasteiger partial charge < -0.3 is 40.6 Å². The molecule has 1 aliphatic carbocycles. The second-order valence-corrected chi connectivity index (χ2v) is 14.0. The van der Waals surface area contributed by atoms with E-state index in [4.69, 9.17) is 14.2 Å². The molecule has 55 heavy (non-hydrogen) atoms. The minimum Gasteiger partial charge on any atom is -0.479 e. The lowest BCUT2D eigenvalue weighted by molar-refractivity contribution is -0.171. The molecule has 1 saturated carbocycles. The first-order chi connectivity index (χ1) is 26.2. The highest BCUT2D eigenvalue weighted by Crippen LogP contribution is 2.35. The molecule has 4 amide bonds. The van der Waals surface area contributed by atoms with Crippen molar-refractivity contribution in [2.45, 2.75) is 108 Å². The highest BCUT2D eigenvalue weighted by Gasteiger charge is 2.48. The second kappa shape index (κ2) is 19.8. The van der Waals surface area contributed by atoms with Gasteiger partial charge in [-0.2, -0.15) is 0 Å². The molecule has 3 unspecified atom stereocenters. The number of ether oxygens (including phenoxy) is 3. The van der Waals surface area contributed by atoms with E-state index < -0.39 is 84.1 Å². The van der Waals surface area contributed by atoms with Gasteiger partial charge in [-0.3, -0.25) is 24.5 Å². The molecule has 16 heteroatoms. The van der Waals surface area contributed by atoms with Gasteiger partial charge in [0.05, 0.1) is 43.4 Å². The van der Waals surface area contributed by atoms with E-state index in [2.05, 4.69) is 26.6 Å². The molecular formula is C39H51N5O11. The first-order valence-corrected chi connectivity index (χ1v) is 18.6. The molecule has 4 rings (SSSR count). The molecule has 1 saturated heterocycles. The van der Waals surface area contributed by atoms with E-state index in [9.17, 15) is 38.7 Å². The molecule has 2 aromatic rings. The molecule has 2 aromatic carbocycles. The van der Waals surface area contributed by atoms with Crippen LogP contribution in [0.3, 0.4) is 0 Å². The Kier molecular flexibility index (Phi) is 15.3. The van der Waals surface area contributed by atoms with Crippen LogP contribution in [0.5, 0.6) is 5.75 Å². The van der Waals surface area contributed by atoms with Gasteiger partial charge in [-0.1, -0.05) is 62.9 Å². The van der Waals surface area contributed by atoms with Gasteiger partial charge in [0.1, 0.15) is 11.5 Å². The fourth-order valence-corrected chi connectivity index (χ4v) is 7.17. The summed E-state index contributed by atoms with van der Waals surface area (Å²) in [5.41, 5.74) is -0.631. The predicted molar refractivity (Wildman–Crippen MR) is 198 cm³/mol. The van der Waals surface area contributed by atoms with E-state index in [1.165, 1.54) is 43.5 Å². The first-order valence-electron chi connectivity index (χ1n) is 18.6. The van der Waals surface area contributed by atoms with Gasteiger partial charge in [-0.25, -0.2) is 14.4 Å². The van der Waals surface area contributed by atoms with E-state index in [1.807, 2.05) is 0 Å². The predicted octanol–water partition coefficient (Wildman–Crippen LogP) is 2.91. The SMILES string of the molecule is CCCC(NC(=O)[C@@H]1CC(C)OC(C)([C@@H](NC(=O)Oc2ccc(C(=O)OC)cc2)C2CCCCC2)N1)C(=O)C(=O)NCC(=O)N[C@H](C(=O)O)c1ccccc1. The number of Topliss-reactive ketones (excluding diaryl/α,β-unsaturated/α-hetero) is 1. The maximum absolute atomic E-state index is 13.8. The zero-order valence-corrected chi connectivity index (χ0v) is 31.6. The first kappa shape index (κ1) is 42.4. The normalized spacial score (nSPS) is 21.5. The Hall–Kier alpha value is -5.35. The number of nitrogens with one attached hydrogen (secondary N) is 5. The third-order valence-electron chi connectivity index (χ3n) is 9.79. The van der Waals surface area contributed by atoms with Crippen LogP contribution in [0.25, 0.3) is 0 Å². The number of carboxylic acids is 1. The molecule has 6 N–H and O–H groups in total. The van der Waals surface area contributed by atoms with Crippen molar-refractivity contribution in [1.82, 2.24) is 26.6 Å². The monoisotopic (exact) mass is 765 g/mol. The Labute approximate surface area is 319 Å². The minimum atomic E-state index is -1.36. The number of aliphatic carboxylic acids is 1. The van der Waals surface area contributed by atoms with Crippen LogP contribution in [0.15, 0.2) is 54.6 Å². The topological polar surface area (TPSA) is 228 Å². The average Bonchev–Trinajstić information content (AvgIpc) is 3.17. The molecule has 1 heterocycles. The molecule has 1 aliphatic heterocycles. The fraction of sp³-hybridized carbons (Fsp3) is 0.513. The number of esters is 1. The van der Waals surface area contributed by atoms with Gasteiger partial charge >= 0.3 is 18.0 Å². The Balaban J connectivity index is 1.41. The summed E-state index contributed by atoms with van der Waals surface area (Å²) >= 11 is 0. The summed E-state index contributed by atoms with van der Waals surface area (Å²) in [4.78, 5) is 89.4. The van der Waals surface area contributed by atoms with Crippen LogP contribution < -0.4 is 31.3 Å². The Morgan fingerprint density at radius 1 is 0.945 bits per heavy atom. The van der Waals surface area contributed by atoms with Crippen molar-refractivity contribution in [2.24, 2.45) is 5.92 Å². The van der Waals surface area contributed by atoms with Crippen LogP contribution in [0.2, 0.25) is 0 Å². The summed E-state index contributed by atoms with van der Waals surface area (Å²) in [5.74, 6) is -5.11. The summed E-state index contributed by atoms with van der Waals surface area (Å²) in [6.45, 7) is 4.68. The lowest BCUT2D eigenvalue weighted by atomic mass is 9.79. The van der Waals surface area contributed by atoms with Gasteiger partial charge in [0.2, 0.25) is 17.6 Å². The summed E-state index contributed by atoms with van der Waals surface area (Å²) in [6, 6.07) is 9.83. The molecule has 0 radical (unpaired) electrons. The summed E-state index contributed by atoms with van der Waals surface area (Å²) in [5, 5.41) is 23.1. The van der Waals surface area contributed by atoms with Crippen molar-refractivity contribution in [3.05, 3.63) is 65.7 Å². The number of rotatable bonds is 16. The maximum Gasteiger partial charge on any atom is 0.412 e. The van der Waals surface area contributed by atoms with Crippen LogP contribution >= 0.6 is 0 Å². The summed E-state index contributed by atoms with van der Waals surface area (Å²) in [7, 11) is 1.27. The number of carboxylic acid groups (broad SMARTS) is 1. The van der Waals surface area contributed by atoms with Crippen molar-refractivity contribution in [2.75, 3.05) is 13.7 Å². The zero-order valence-electron chi connectivity index (χ0n) is 31.6. The smallest absolute Gasteiger partial charge is 0.412 e. The number of carbonyl (C=O) groups is 7. The lowest BCUT2D eigenvalue weighted by Crippen LogP contribution is -2.71. The largest absolute Gasteiger partial charge is 0.479 e. The van der Waals surface area contributed by atoms with Crippen LogP contribution in [0.1, 0.15) is 94.1 Å². The number of carbonyl (C=O) groups excluding carboxylic acids is 6. The number of amides is 4.